The lowest BCUT2D eigenvalue weighted by atomic mass is 9.73. The first-order chi connectivity index (χ1) is 7.04. The quantitative estimate of drug-likeness (QED) is 0.670. The van der Waals surface area contributed by atoms with E-state index in [0.717, 1.165) is 11.9 Å². The summed E-state index contributed by atoms with van der Waals surface area (Å²) in [6.45, 7) is 0.789. The fourth-order valence-electron chi connectivity index (χ4n) is 3.51. The number of hydrogen-bond donors (Lipinski definition) is 0. The molecule has 3 fully saturated rings. The highest BCUT2D eigenvalue weighted by Crippen LogP contribution is 2.70. The molecule has 1 nitrogen and oxygen atoms in total. The molecule has 2 unspecified atom stereocenters. The van der Waals surface area contributed by atoms with E-state index in [2.05, 4.69) is 15.9 Å². The lowest BCUT2D eigenvalue weighted by molar-refractivity contribution is -0.136. The first kappa shape index (κ1) is 10.5. The van der Waals surface area contributed by atoms with Crippen molar-refractivity contribution in [2.45, 2.75) is 43.6 Å². The van der Waals surface area contributed by atoms with E-state index >= 15 is 0 Å². The van der Waals surface area contributed by atoms with Crippen LogP contribution in [0.1, 0.15) is 32.1 Å². The van der Waals surface area contributed by atoms with Gasteiger partial charge < -0.3 is 4.74 Å². The van der Waals surface area contributed by atoms with Crippen molar-refractivity contribution in [1.82, 2.24) is 0 Å². The van der Waals surface area contributed by atoms with E-state index in [4.69, 9.17) is 4.74 Å². The fraction of sp³-hybridized carbons (Fsp3) is 1.00. The van der Waals surface area contributed by atoms with Crippen molar-refractivity contribution in [2.75, 3.05) is 11.9 Å². The summed E-state index contributed by atoms with van der Waals surface area (Å²) in [6.07, 6.45) is 2.27. The van der Waals surface area contributed by atoms with E-state index in [9.17, 15) is 8.78 Å². The first-order valence-corrected chi connectivity index (χ1v) is 6.74. The zero-order chi connectivity index (χ0) is 10.7. The van der Waals surface area contributed by atoms with Crippen LogP contribution in [0.3, 0.4) is 0 Å². The predicted molar refractivity (Wildman–Crippen MR) is 56.4 cm³/mol. The maximum absolute atomic E-state index is 13.1. The average molecular weight is 281 g/mol. The van der Waals surface area contributed by atoms with E-state index < -0.39 is 5.92 Å². The summed E-state index contributed by atoms with van der Waals surface area (Å²) in [6, 6.07) is 0. The van der Waals surface area contributed by atoms with E-state index in [1.165, 1.54) is 6.42 Å². The molecule has 4 heteroatoms. The van der Waals surface area contributed by atoms with Crippen molar-refractivity contribution in [1.29, 1.82) is 0 Å². The third kappa shape index (κ3) is 1.27. The summed E-state index contributed by atoms with van der Waals surface area (Å²) in [7, 11) is 0. The van der Waals surface area contributed by atoms with Gasteiger partial charge in [0.05, 0.1) is 12.2 Å². The summed E-state index contributed by atoms with van der Waals surface area (Å²) in [5.41, 5.74) is -0.0215. The molecule has 2 atom stereocenters. The highest BCUT2D eigenvalue weighted by atomic mass is 79.9. The van der Waals surface area contributed by atoms with Crippen LogP contribution in [0, 0.1) is 11.3 Å². The highest BCUT2D eigenvalue weighted by molar-refractivity contribution is 9.09. The maximum atomic E-state index is 13.1. The molecule has 1 saturated heterocycles. The van der Waals surface area contributed by atoms with Crippen molar-refractivity contribution in [3.8, 4) is 0 Å². The third-order valence-electron chi connectivity index (χ3n) is 4.73. The number of fused-ring (bicyclic) bond motifs is 2. The molecule has 0 radical (unpaired) electrons. The molecule has 2 saturated carbocycles. The molecule has 1 heterocycles. The number of hydrogen-bond acceptors (Lipinski definition) is 1. The Bertz CT molecular complexity index is 280. The monoisotopic (exact) mass is 280 g/mol. The van der Waals surface area contributed by atoms with Crippen LogP contribution in [0.5, 0.6) is 0 Å². The number of rotatable bonds is 1. The van der Waals surface area contributed by atoms with Gasteiger partial charge in [0.15, 0.2) is 0 Å². The van der Waals surface area contributed by atoms with Gasteiger partial charge in [-0.3, -0.25) is 0 Å². The average Bonchev–Trinajstić information content (AvgIpc) is 2.87. The van der Waals surface area contributed by atoms with Gasteiger partial charge in [0.2, 0.25) is 5.92 Å². The van der Waals surface area contributed by atoms with Crippen LogP contribution < -0.4 is 0 Å². The van der Waals surface area contributed by atoms with Crippen molar-refractivity contribution >= 4 is 15.9 Å². The predicted octanol–water partition coefficient (Wildman–Crippen LogP) is 3.37. The van der Waals surface area contributed by atoms with E-state index in [1.54, 1.807) is 0 Å². The molecule has 15 heavy (non-hydrogen) atoms. The molecule has 0 aromatic rings. The number of ether oxygens (including phenoxy) is 1. The molecule has 1 spiro atoms. The summed E-state index contributed by atoms with van der Waals surface area (Å²) in [4.78, 5) is 0. The molecule has 86 valence electrons. The van der Waals surface area contributed by atoms with Gasteiger partial charge >= 0.3 is 0 Å². The molecule has 1 aliphatic heterocycles. The van der Waals surface area contributed by atoms with Gasteiger partial charge in [0.25, 0.3) is 0 Å². The molecule has 0 N–H and O–H groups in total. The van der Waals surface area contributed by atoms with Crippen molar-refractivity contribution in [2.24, 2.45) is 11.3 Å². The Hall–Kier alpha value is 0.300. The summed E-state index contributed by atoms with van der Waals surface area (Å²) in [5.74, 6) is -1.82. The second-order valence-electron chi connectivity index (χ2n) is 5.35. The minimum absolute atomic E-state index is 0.00840. The SMILES string of the molecule is FC1(F)CCC2(CC1)OCC1CC12CBr. The Kier molecular flexibility index (Phi) is 2.05. The molecule has 0 aromatic carbocycles. The molecule has 3 aliphatic rings. The van der Waals surface area contributed by atoms with Gasteiger partial charge in [-0.1, -0.05) is 15.9 Å². The number of halogens is 3. The third-order valence-corrected chi connectivity index (χ3v) is 5.73. The Balaban J connectivity index is 1.81. The highest BCUT2D eigenvalue weighted by Gasteiger charge is 2.71. The van der Waals surface area contributed by atoms with Crippen molar-refractivity contribution in [3.05, 3.63) is 0 Å². The van der Waals surface area contributed by atoms with Crippen molar-refractivity contribution < 1.29 is 13.5 Å². The Morgan fingerprint density at radius 1 is 1.20 bits per heavy atom. The molecular weight excluding hydrogens is 266 g/mol. The summed E-state index contributed by atoms with van der Waals surface area (Å²) >= 11 is 3.55. The molecular formula is C11H15BrF2O. The fourth-order valence-corrected chi connectivity index (χ4v) is 4.71. The van der Waals surface area contributed by atoms with E-state index in [1.807, 2.05) is 0 Å². The first-order valence-electron chi connectivity index (χ1n) is 5.61. The van der Waals surface area contributed by atoms with E-state index in [0.29, 0.717) is 18.8 Å². The molecule has 0 amide bonds. The number of alkyl halides is 3. The topological polar surface area (TPSA) is 9.23 Å². The minimum atomic E-state index is -2.45. The van der Waals surface area contributed by atoms with Gasteiger partial charge in [-0.2, -0.15) is 0 Å². The van der Waals surface area contributed by atoms with Gasteiger partial charge in [-0.15, -0.1) is 0 Å². The molecule has 2 aliphatic carbocycles. The largest absolute Gasteiger partial charge is 0.374 e. The zero-order valence-electron chi connectivity index (χ0n) is 8.57. The van der Waals surface area contributed by atoms with Gasteiger partial charge in [0, 0.05) is 23.6 Å². The van der Waals surface area contributed by atoms with Crippen LogP contribution in [-0.2, 0) is 4.74 Å². The standard InChI is InChI=1S/C11H15BrF2O/c12-7-9-5-8(9)6-15-10(9)1-3-11(13,14)4-2-10/h8H,1-7H2. The van der Waals surface area contributed by atoms with E-state index in [-0.39, 0.29) is 23.9 Å². The summed E-state index contributed by atoms with van der Waals surface area (Å²) < 4.78 is 32.2. The molecule has 0 bridgehead atoms. The maximum Gasteiger partial charge on any atom is 0.248 e. The Labute approximate surface area is 96.7 Å². The van der Waals surface area contributed by atoms with Gasteiger partial charge in [0.1, 0.15) is 0 Å². The van der Waals surface area contributed by atoms with Crippen LogP contribution in [0.25, 0.3) is 0 Å². The van der Waals surface area contributed by atoms with Crippen LogP contribution in [0.4, 0.5) is 8.78 Å². The van der Waals surface area contributed by atoms with Gasteiger partial charge in [-0.05, 0) is 25.2 Å². The smallest absolute Gasteiger partial charge is 0.248 e. The Morgan fingerprint density at radius 3 is 2.40 bits per heavy atom. The lowest BCUT2D eigenvalue weighted by Gasteiger charge is -2.42. The molecule has 0 aromatic heterocycles. The summed E-state index contributed by atoms with van der Waals surface area (Å²) in [5, 5.41) is 0.913. The second kappa shape index (κ2) is 2.95. The Morgan fingerprint density at radius 2 is 1.87 bits per heavy atom. The van der Waals surface area contributed by atoms with Gasteiger partial charge in [-0.25, -0.2) is 8.78 Å². The second-order valence-corrected chi connectivity index (χ2v) is 5.91. The minimum Gasteiger partial charge on any atom is -0.374 e. The van der Waals surface area contributed by atoms with Crippen LogP contribution in [-0.4, -0.2) is 23.5 Å². The van der Waals surface area contributed by atoms with Crippen LogP contribution >= 0.6 is 15.9 Å². The van der Waals surface area contributed by atoms with Crippen LogP contribution in [0.2, 0.25) is 0 Å². The van der Waals surface area contributed by atoms with Crippen molar-refractivity contribution in [3.63, 3.8) is 0 Å². The lowest BCUT2D eigenvalue weighted by Crippen LogP contribution is -2.46. The normalized spacial score (nSPS) is 45.4. The molecule has 3 rings (SSSR count). The zero-order valence-corrected chi connectivity index (χ0v) is 10.2. The van der Waals surface area contributed by atoms with Crippen LogP contribution in [0.15, 0.2) is 0 Å².